The fourth-order valence-electron chi connectivity index (χ4n) is 1.59. The molecular weight excluding hydrogens is 234 g/mol. The number of hydrogen-bond donors (Lipinski definition) is 1. The normalized spacial score (nSPS) is 10.3. The summed E-state index contributed by atoms with van der Waals surface area (Å²) in [4.78, 5) is 17.9. The molecule has 0 aliphatic heterocycles. The van der Waals surface area contributed by atoms with Gasteiger partial charge in [0.1, 0.15) is 6.20 Å². The van der Waals surface area contributed by atoms with Crippen LogP contribution in [0.2, 0.25) is 0 Å². The zero-order valence-corrected chi connectivity index (χ0v) is 9.91. The van der Waals surface area contributed by atoms with Crippen molar-refractivity contribution >= 4 is 11.5 Å². The molecule has 2 rings (SSSR count). The molecule has 0 atom stereocenters. The SMILES string of the molecule is CCNc1ccnc(Cn2cnc([N+](=O)[O-])c2)c1. The number of aromatic nitrogens is 3. The van der Waals surface area contributed by atoms with Crippen LogP contribution in [0.5, 0.6) is 0 Å². The Morgan fingerprint density at radius 3 is 3.00 bits per heavy atom. The lowest BCUT2D eigenvalue weighted by atomic mass is 10.3. The van der Waals surface area contributed by atoms with Crippen molar-refractivity contribution in [3.05, 3.63) is 46.7 Å². The van der Waals surface area contributed by atoms with Gasteiger partial charge in [-0.3, -0.25) is 4.98 Å². The number of anilines is 1. The van der Waals surface area contributed by atoms with Gasteiger partial charge in [-0.1, -0.05) is 0 Å². The summed E-state index contributed by atoms with van der Waals surface area (Å²) in [7, 11) is 0. The molecule has 1 N–H and O–H groups in total. The molecule has 2 aromatic heterocycles. The molecule has 18 heavy (non-hydrogen) atoms. The van der Waals surface area contributed by atoms with Crippen LogP contribution in [0.4, 0.5) is 11.5 Å². The largest absolute Gasteiger partial charge is 0.385 e. The van der Waals surface area contributed by atoms with E-state index in [1.807, 2.05) is 19.1 Å². The van der Waals surface area contributed by atoms with Crippen LogP contribution in [0.3, 0.4) is 0 Å². The summed E-state index contributed by atoms with van der Waals surface area (Å²) in [5.41, 5.74) is 1.80. The molecule has 0 aliphatic carbocycles. The van der Waals surface area contributed by atoms with Crippen molar-refractivity contribution in [3.8, 4) is 0 Å². The summed E-state index contributed by atoms with van der Waals surface area (Å²) in [5.74, 6) is -0.155. The number of nitrogens with zero attached hydrogens (tertiary/aromatic N) is 4. The summed E-state index contributed by atoms with van der Waals surface area (Å²) >= 11 is 0. The predicted molar refractivity (Wildman–Crippen MR) is 66.4 cm³/mol. The monoisotopic (exact) mass is 247 g/mol. The topological polar surface area (TPSA) is 85.9 Å². The zero-order chi connectivity index (χ0) is 13.0. The first-order valence-corrected chi connectivity index (χ1v) is 5.54. The maximum atomic E-state index is 10.5. The van der Waals surface area contributed by atoms with Crippen molar-refractivity contribution in [1.82, 2.24) is 14.5 Å². The van der Waals surface area contributed by atoms with Crippen molar-refractivity contribution in [3.63, 3.8) is 0 Å². The second-order valence-electron chi connectivity index (χ2n) is 3.73. The molecule has 7 nitrogen and oxygen atoms in total. The molecule has 0 radical (unpaired) electrons. The second kappa shape index (κ2) is 5.26. The summed E-state index contributed by atoms with van der Waals surface area (Å²) in [6.07, 6.45) is 4.53. The first-order chi connectivity index (χ1) is 8.69. The fraction of sp³-hybridized carbons (Fsp3) is 0.273. The van der Waals surface area contributed by atoms with Crippen LogP contribution in [-0.2, 0) is 6.54 Å². The van der Waals surface area contributed by atoms with E-state index in [-0.39, 0.29) is 5.82 Å². The molecule has 7 heteroatoms. The third-order valence-electron chi connectivity index (χ3n) is 2.35. The Kier molecular flexibility index (Phi) is 3.52. The van der Waals surface area contributed by atoms with Crippen molar-refractivity contribution < 1.29 is 4.92 Å². The molecule has 94 valence electrons. The third kappa shape index (κ3) is 2.82. The Hall–Kier alpha value is -2.44. The summed E-state index contributed by atoms with van der Waals surface area (Å²) < 4.78 is 1.64. The lowest BCUT2D eigenvalue weighted by Gasteiger charge is -2.05. The van der Waals surface area contributed by atoms with Crippen LogP contribution >= 0.6 is 0 Å². The van der Waals surface area contributed by atoms with E-state index in [0.717, 1.165) is 17.9 Å². The molecule has 0 amide bonds. The van der Waals surface area contributed by atoms with Crippen molar-refractivity contribution in [1.29, 1.82) is 0 Å². The van der Waals surface area contributed by atoms with Crippen LogP contribution in [-0.4, -0.2) is 26.0 Å². The lowest BCUT2D eigenvalue weighted by molar-refractivity contribution is -0.389. The van der Waals surface area contributed by atoms with Crippen LogP contribution in [0, 0.1) is 10.1 Å². The Balaban J connectivity index is 2.12. The second-order valence-corrected chi connectivity index (χ2v) is 3.73. The highest BCUT2D eigenvalue weighted by Gasteiger charge is 2.10. The van der Waals surface area contributed by atoms with Gasteiger partial charge in [-0.25, -0.2) is 0 Å². The Labute approximate surface area is 104 Å². The first-order valence-electron chi connectivity index (χ1n) is 5.54. The zero-order valence-electron chi connectivity index (χ0n) is 9.91. The number of imidazole rings is 1. The van der Waals surface area contributed by atoms with E-state index in [1.165, 1.54) is 12.5 Å². The fourth-order valence-corrected chi connectivity index (χ4v) is 1.59. The molecule has 0 fully saturated rings. The van der Waals surface area contributed by atoms with E-state index in [9.17, 15) is 10.1 Å². The molecule has 0 saturated heterocycles. The Morgan fingerprint density at radius 2 is 2.33 bits per heavy atom. The average molecular weight is 247 g/mol. The minimum absolute atomic E-state index is 0.155. The van der Waals surface area contributed by atoms with Gasteiger partial charge in [0.25, 0.3) is 0 Å². The molecule has 0 saturated carbocycles. The number of nitrogens with one attached hydrogen (secondary N) is 1. The van der Waals surface area contributed by atoms with E-state index in [4.69, 9.17) is 0 Å². The number of hydrogen-bond acceptors (Lipinski definition) is 5. The molecule has 0 unspecified atom stereocenters. The predicted octanol–water partition coefficient (Wildman–Crippen LogP) is 1.67. The van der Waals surface area contributed by atoms with E-state index in [1.54, 1.807) is 10.8 Å². The van der Waals surface area contributed by atoms with E-state index in [0.29, 0.717) is 6.54 Å². The van der Waals surface area contributed by atoms with Crippen LogP contribution < -0.4 is 5.32 Å². The highest BCUT2D eigenvalue weighted by Crippen LogP contribution is 2.11. The molecule has 0 aliphatic rings. The van der Waals surface area contributed by atoms with Gasteiger partial charge in [0.2, 0.25) is 6.33 Å². The molecule has 2 aromatic rings. The van der Waals surface area contributed by atoms with Crippen molar-refractivity contribution in [2.75, 3.05) is 11.9 Å². The van der Waals surface area contributed by atoms with Gasteiger partial charge in [-0.15, -0.1) is 0 Å². The van der Waals surface area contributed by atoms with Crippen LogP contribution in [0.1, 0.15) is 12.6 Å². The average Bonchev–Trinajstić information content (AvgIpc) is 2.78. The van der Waals surface area contributed by atoms with Crippen LogP contribution in [0.15, 0.2) is 30.9 Å². The first kappa shape index (κ1) is 12.0. The van der Waals surface area contributed by atoms with Gasteiger partial charge in [-0.2, -0.15) is 0 Å². The minimum atomic E-state index is -0.515. The highest BCUT2D eigenvalue weighted by molar-refractivity contribution is 5.43. The molecule has 0 aromatic carbocycles. The Morgan fingerprint density at radius 1 is 1.50 bits per heavy atom. The molecule has 0 bridgehead atoms. The molecule has 2 heterocycles. The number of rotatable bonds is 5. The van der Waals surface area contributed by atoms with Crippen molar-refractivity contribution in [2.24, 2.45) is 0 Å². The quantitative estimate of drug-likeness (QED) is 0.641. The standard InChI is InChI=1S/C11H13N5O2/c1-2-12-9-3-4-13-10(5-9)6-15-7-11(14-8-15)16(17)18/h3-5,7-8H,2,6H2,1H3,(H,12,13). The summed E-state index contributed by atoms with van der Waals surface area (Å²) in [6, 6.07) is 3.79. The van der Waals surface area contributed by atoms with Crippen molar-refractivity contribution in [2.45, 2.75) is 13.5 Å². The summed E-state index contributed by atoms with van der Waals surface area (Å²) in [6.45, 7) is 3.30. The van der Waals surface area contributed by atoms with Crippen LogP contribution in [0.25, 0.3) is 0 Å². The summed E-state index contributed by atoms with van der Waals surface area (Å²) in [5, 5.41) is 13.7. The van der Waals surface area contributed by atoms with Gasteiger partial charge in [0, 0.05) is 18.4 Å². The number of pyridine rings is 1. The third-order valence-corrected chi connectivity index (χ3v) is 2.35. The smallest absolute Gasteiger partial charge is 0.381 e. The highest BCUT2D eigenvalue weighted by atomic mass is 16.6. The van der Waals surface area contributed by atoms with E-state index >= 15 is 0 Å². The molecular formula is C11H13N5O2. The Bertz CT molecular complexity index is 552. The van der Waals surface area contributed by atoms with Gasteiger partial charge in [-0.05, 0) is 29.0 Å². The number of nitro groups is 1. The van der Waals surface area contributed by atoms with Gasteiger partial charge >= 0.3 is 5.82 Å². The minimum Gasteiger partial charge on any atom is -0.385 e. The van der Waals surface area contributed by atoms with Gasteiger partial charge in [0.15, 0.2) is 0 Å². The maximum Gasteiger partial charge on any atom is 0.381 e. The lowest BCUT2D eigenvalue weighted by Crippen LogP contribution is -2.02. The maximum absolute atomic E-state index is 10.5. The van der Waals surface area contributed by atoms with E-state index in [2.05, 4.69) is 15.3 Å². The molecule has 0 spiro atoms. The van der Waals surface area contributed by atoms with E-state index < -0.39 is 4.92 Å². The van der Waals surface area contributed by atoms with Gasteiger partial charge < -0.3 is 20.0 Å². The van der Waals surface area contributed by atoms with Gasteiger partial charge in [0.05, 0.1) is 12.2 Å².